The number of rotatable bonds is 6. The molecule has 3 nitrogen and oxygen atoms in total. The average molecular weight is 226 g/mol. The Hall–Kier alpha value is -0.120. The van der Waals surface area contributed by atoms with Crippen LogP contribution in [0.15, 0.2) is 0 Å². The zero-order valence-electron chi connectivity index (χ0n) is 10.5. The van der Waals surface area contributed by atoms with E-state index >= 15 is 0 Å². The second kappa shape index (κ2) is 5.99. The smallest absolute Gasteiger partial charge is 0.0474 e. The molecule has 0 aromatic carbocycles. The molecule has 16 heavy (non-hydrogen) atoms. The third-order valence-corrected chi connectivity index (χ3v) is 4.43. The minimum absolute atomic E-state index is 0.349. The lowest BCUT2D eigenvalue weighted by atomic mass is 9.89. The maximum Gasteiger partial charge on any atom is 0.0474 e. The van der Waals surface area contributed by atoms with Gasteiger partial charge >= 0.3 is 0 Å². The number of aliphatic hydroxyl groups excluding tert-OH is 1. The van der Waals surface area contributed by atoms with Crippen molar-refractivity contribution in [2.75, 3.05) is 32.8 Å². The van der Waals surface area contributed by atoms with Gasteiger partial charge in [0, 0.05) is 25.7 Å². The van der Waals surface area contributed by atoms with Crippen molar-refractivity contribution in [2.24, 2.45) is 11.8 Å². The minimum Gasteiger partial charge on any atom is -0.396 e. The molecule has 0 spiro atoms. The first-order valence-electron chi connectivity index (χ1n) is 6.90. The van der Waals surface area contributed by atoms with Crippen LogP contribution in [0.2, 0.25) is 0 Å². The number of hydrogen-bond acceptors (Lipinski definition) is 3. The van der Waals surface area contributed by atoms with E-state index in [-0.39, 0.29) is 0 Å². The van der Waals surface area contributed by atoms with E-state index in [2.05, 4.69) is 17.1 Å². The van der Waals surface area contributed by atoms with Gasteiger partial charge in [0.1, 0.15) is 0 Å². The van der Waals surface area contributed by atoms with Crippen LogP contribution in [-0.4, -0.2) is 48.8 Å². The lowest BCUT2D eigenvalue weighted by molar-refractivity contribution is 0.161. The van der Waals surface area contributed by atoms with E-state index < -0.39 is 0 Å². The van der Waals surface area contributed by atoms with Gasteiger partial charge in [-0.25, -0.2) is 0 Å². The van der Waals surface area contributed by atoms with Crippen molar-refractivity contribution < 1.29 is 5.11 Å². The van der Waals surface area contributed by atoms with E-state index in [9.17, 15) is 5.11 Å². The monoisotopic (exact) mass is 226 g/mol. The van der Waals surface area contributed by atoms with E-state index in [1.54, 1.807) is 0 Å². The maximum atomic E-state index is 9.49. The second-order valence-corrected chi connectivity index (χ2v) is 5.42. The van der Waals surface area contributed by atoms with Crippen LogP contribution in [0.4, 0.5) is 0 Å². The van der Waals surface area contributed by atoms with E-state index in [1.807, 2.05) is 0 Å². The molecule has 2 unspecified atom stereocenters. The maximum absolute atomic E-state index is 9.49. The third kappa shape index (κ3) is 2.96. The Morgan fingerprint density at radius 2 is 2.19 bits per heavy atom. The molecule has 1 saturated carbocycles. The van der Waals surface area contributed by atoms with Crippen LogP contribution in [0.25, 0.3) is 0 Å². The van der Waals surface area contributed by atoms with Gasteiger partial charge in [-0.3, -0.25) is 0 Å². The Bertz CT molecular complexity index is 206. The van der Waals surface area contributed by atoms with Gasteiger partial charge in [-0.05, 0) is 44.2 Å². The first-order valence-corrected chi connectivity index (χ1v) is 6.90. The molecule has 0 bridgehead atoms. The summed E-state index contributed by atoms with van der Waals surface area (Å²) in [6.07, 6.45) is 5.33. The van der Waals surface area contributed by atoms with E-state index in [0.29, 0.717) is 18.4 Å². The van der Waals surface area contributed by atoms with Crippen molar-refractivity contribution in [2.45, 2.75) is 38.6 Å². The lowest BCUT2D eigenvalue weighted by Crippen LogP contribution is -2.41. The predicted molar refractivity (Wildman–Crippen MR) is 66.4 cm³/mol. The van der Waals surface area contributed by atoms with Gasteiger partial charge in [-0.2, -0.15) is 0 Å². The van der Waals surface area contributed by atoms with Crippen molar-refractivity contribution in [3.8, 4) is 0 Å². The Kier molecular flexibility index (Phi) is 4.62. The summed E-state index contributed by atoms with van der Waals surface area (Å²) in [7, 11) is 0. The summed E-state index contributed by atoms with van der Waals surface area (Å²) in [6, 6.07) is 0.748. The highest BCUT2D eigenvalue weighted by atomic mass is 16.3. The number of nitrogens with zero attached hydrogens (tertiary/aromatic N) is 1. The molecule has 1 heterocycles. The fourth-order valence-corrected chi connectivity index (χ4v) is 2.85. The van der Waals surface area contributed by atoms with Crippen molar-refractivity contribution in [1.29, 1.82) is 0 Å². The van der Waals surface area contributed by atoms with E-state index in [0.717, 1.165) is 19.1 Å². The van der Waals surface area contributed by atoms with Gasteiger partial charge in [0.05, 0.1) is 0 Å². The predicted octanol–water partition coefficient (Wildman–Crippen LogP) is 1.08. The van der Waals surface area contributed by atoms with Crippen LogP contribution in [-0.2, 0) is 0 Å². The summed E-state index contributed by atoms with van der Waals surface area (Å²) in [5.74, 6) is 1.18. The molecule has 0 radical (unpaired) electrons. The Morgan fingerprint density at radius 1 is 1.38 bits per heavy atom. The zero-order valence-corrected chi connectivity index (χ0v) is 10.5. The quantitative estimate of drug-likeness (QED) is 0.711. The molecule has 2 aliphatic rings. The van der Waals surface area contributed by atoms with Gasteiger partial charge < -0.3 is 15.3 Å². The van der Waals surface area contributed by atoms with Crippen LogP contribution in [0.5, 0.6) is 0 Å². The van der Waals surface area contributed by atoms with Crippen LogP contribution in [0.1, 0.15) is 32.6 Å². The molecule has 2 rings (SSSR count). The van der Waals surface area contributed by atoms with Gasteiger partial charge in [0.15, 0.2) is 0 Å². The molecule has 2 atom stereocenters. The molecule has 1 aliphatic carbocycles. The highest BCUT2D eigenvalue weighted by Crippen LogP contribution is 2.25. The molecule has 1 saturated heterocycles. The molecule has 2 fully saturated rings. The number of aliphatic hydroxyl groups is 1. The summed E-state index contributed by atoms with van der Waals surface area (Å²) < 4.78 is 0. The first-order chi connectivity index (χ1) is 7.83. The van der Waals surface area contributed by atoms with Gasteiger partial charge in [-0.15, -0.1) is 0 Å². The standard InChI is InChI=1S/C13H26N2O/c1-2-15-7-6-11(9-15)12(10-16)8-14-13-4-3-5-13/h11-14,16H,2-10H2,1H3. The molecule has 0 aromatic heterocycles. The van der Waals surface area contributed by atoms with Crippen molar-refractivity contribution in [1.82, 2.24) is 10.2 Å². The summed E-state index contributed by atoms with van der Waals surface area (Å²) in [5.41, 5.74) is 0. The molecule has 1 aliphatic heterocycles. The van der Waals surface area contributed by atoms with Crippen LogP contribution < -0.4 is 5.32 Å². The summed E-state index contributed by atoms with van der Waals surface area (Å²) in [4.78, 5) is 2.50. The minimum atomic E-state index is 0.349. The van der Waals surface area contributed by atoms with Crippen LogP contribution >= 0.6 is 0 Å². The summed E-state index contributed by atoms with van der Waals surface area (Å²) in [5, 5.41) is 13.1. The Balaban J connectivity index is 1.71. The fraction of sp³-hybridized carbons (Fsp3) is 1.00. The summed E-state index contributed by atoms with van der Waals surface area (Å²) >= 11 is 0. The first kappa shape index (κ1) is 12.3. The Labute approximate surface area is 99.2 Å². The molecule has 3 heteroatoms. The third-order valence-electron chi connectivity index (χ3n) is 4.43. The SMILES string of the molecule is CCN1CCC(C(CO)CNC2CCC2)C1. The lowest BCUT2D eigenvalue weighted by Gasteiger charge is -2.30. The average Bonchev–Trinajstić information content (AvgIpc) is 2.70. The van der Waals surface area contributed by atoms with Crippen molar-refractivity contribution in [3.63, 3.8) is 0 Å². The fourth-order valence-electron chi connectivity index (χ4n) is 2.85. The van der Waals surface area contributed by atoms with E-state index in [1.165, 1.54) is 38.8 Å². The van der Waals surface area contributed by atoms with Gasteiger partial charge in [0.2, 0.25) is 0 Å². The number of hydrogen-bond donors (Lipinski definition) is 2. The Morgan fingerprint density at radius 3 is 2.69 bits per heavy atom. The van der Waals surface area contributed by atoms with Gasteiger partial charge in [-0.1, -0.05) is 13.3 Å². The molecular formula is C13H26N2O. The normalized spacial score (nSPS) is 29.2. The van der Waals surface area contributed by atoms with Crippen molar-refractivity contribution in [3.05, 3.63) is 0 Å². The van der Waals surface area contributed by atoms with Gasteiger partial charge in [0.25, 0.3) is 0 Å². The second-order valence-electron chi connectivity index (χ2n) is 5.42. The molecule has 0 aromatic rings. The largest absolute Gasteiger partial charge is 0.396 e. The van der Waals surface area contributed by atoms with Crippen LogP contribution in [0, 0.1) is 11.8 Å². The molecule has 94 valence electrons. The van der Waals surface area contributed by atoms with Crippen LogP contribution in [0.3, 0.4) is 0 Å². The molecule has 2 N–H and O–H groups in total. The highest BCUT2D eigenvalue weighted by molar-refractivity contribution is 4.84. The van der Waals surface area contributed by atoms with E-state index in [4.69, 9.17) is 0 Å². The summed E-state index contributed by atoms with van der Waals surface area (Å²) in [6.45, 7) is 7.16. The molecule has 0 amide bonds. The highest BCUT2D eigenvalue weighted by Gasteiger charge is 2.29. The number of likely N-dealkylation sites (tertiary alicyclic amines) is 1. The number of nitrogens with one attached hydrogen (secondary N) is 1. The molecular weight excluding hydrogens is 200 g/mol. The topological polar surface area (TPSA) is 35.5 Å². The van der Waals surface area contributed by atoms with Crippen molar-refractivity contribution >= 4 is 0 Å². The zero-order chi connectivity index (χ0) is 11.4.